The number of aromatic nitrogens is 2. The Kier molecular flexibility index (Phi) is 3.39. The molecule has 2 heterocycles. The molecule has 0 fully saturated rings. The number of thiazole rings is 1. The molecular weight excluding hydrogens is 274 g/mol. The van der Waals surface area contributed by atoms with Gasteiger partial charge in [0.1, 0.15) is 10.6 Å². The van der Waals surface area contributed by atoms with Crippen molar-refractivity contribution in [1.82, 2.24) is 9.97 Å². The first-order chi connectivity index (χ1) is 8.49. The number of hydrogen-bond donors (Lipinski definition) is 1. The van der Waals surface area contributed by atoms with Crippen molar-refractivity contribution in [2.45, 2.75) is 11.8 Å². The number of anilines is 1. The van der Waals surface area contributed by atoms with Crippen molar-refractivity contribution in [3.8, 4) is 0 Å². The standard InChI is InChI=1S/C10H9N3O3S2/c1-7(14)9-6-17-10(12-9)13-18(15,16)8-3-2-4-11-5-8/h2-6H,1H3,(H,12,13). The number of carbonyl (C=O) groups excluding carboxylic acids is 1. The van der Waals surface area contributed by atoms with Crippen LogP contribution in [0, 0.1) is 0 Å². The summed E-state index contributed by atoms with van der Waals surface area (Å²) in [6.45, 7) is 1.37. The number of Topliss-reactive ketones (excluding diaryl/α,β-unsaturated/α-hetero) is 1. The Bertz CT molecular complexity index is 665. The summed E-state index contributed by atoms with van der Waals surface area (Å²) in [5.41, 5.74) is 0.240. The zero-order valence-electron chi connectivity index (χ0n) is 9.32. The molecule has 1 N–H and O–H groups in total. The molecule has 0 aliphatic rings. The van der Waals surface area contributed by atoms with E-state index < -0.39 is 10.0 Å². The van der Waals surface area contributed by atoms with Gasteiger partial charge < -0.3 is 0 Å². The van der Waals surface area contributed by atoms with E-state index in [1.54, 1.807) is 0 Å². The average Bonchev–Trinajstić information content (AvgIpc) is 2.78. The number of nitrogens with zero attached hydrogens (tertiary/aromatic N) is 2. The van der Waals surface area contributed by atoms with Gasteiger partial charge in [-0.3, -0.25) is 14.5 Å². The van der Waals surface area contributed by atoms with E-state index in [1.165, 1.54) is 36.8 Å². The molecule has 2 aromatic heterocycles. The van der Waals surface area contributed by atoms with Crippen LogP contribution < -0.4 is 4.72 Å². The van der Waals surface area contributed by atoms with E-state index in [9.17, 15) is 13.2 Å². The molecule has 0 aromatic carbocycles. The third-order valence-corrected chi connectivity index (χ3v) is 4.24. The second kappa shape index (κ2) is 4.83. The molecule has 18 heavy (non-hydrogen) atoms. The van der Waals surface area contributed by atoms with Crippen LogP contribution in [0.5, 0.6) is 0 Å². The van der Waals surface area contributed by atoms with Crippen molar-refractivity contribution in [2.24, 2.45) is 0 Å². The summed E-state index contributed by atoms with van der Waals surface area (Å²) >= 11 is 1.06. The van der Waals surface area contributed by atoms with Crippen molar-refractivity contribution in [3.05, 3.63) is 35.6 Å². The molecule has 0 radical (unpaired) electrons. The fourth-order valence-electron chi connectivity index (χ4n) is 1.16. The maximum atomic E-state index is 11.9. The maximum Gasteiger partial charge on any atom is 0.265 e. The number of sulfonamides is 1. The number of pyridine rings is 1. The van der Waals surface area contributed by atoms with Gasteiger partial charge in [0, 0.05) is 24.7 Å². The Morgan fingerprint density at radius 3 is 2.78 bits per heavy atom. The minimum absolute atomic E-state index is 0.0459. The van der Waals surface area contributed by atoms with Crippen LogP contribution in [0.1, 0.15) is 17.4 Å². The van der Waals surface area contributed by atoms with Crippen LogP contribution in [0.3, 0.4) is 0 Å². The maximum absolute atomic E-state index is 11.9. The Hall–Kier alpha value is -1.80. The molecule has 0 aliphatic carbocycles. The van der Waals surface area contributed by atoms with Gasteiger partial charge in [-0.15, -0.1) is 11.3 Å². The highest BCUT2D eigenvalue weighted by Gasteiger charge is 2.16. The molecule has 6 nitrogen and oxygen atoms in total. The lowest BCUT2D eigenvalue weighted by molar-refractivity contribution is 0.101. The number of ketones is 1. The first-order valence-corrected chi connectivity index (χ1v) is 7.24. The fourth-order valence-corrected chi connectivity index (χ4v) is 3.13. The molecule has 0 saturated carbocycles. The van der Waals surface area contributed by atoms with E-state index in [0.717, 1.165) is 11.3 Å². The van der Waals surface area contributed by atoms with Crippen LogP contribution in [-0.2, 0) is 10.0 Å². The van der Waals surface area contributed by atoms with Gasteiger partial charge in [0.15, 0.2) is 10.9 Å². The molecule has 2 aromatic rings. The predicted octanol–water partition coefficient (Wildman–Crippen LogP) is 1.54. The van der Waals surface area contributed by atoms with Gasteiger partial charge in [0.2, 0.25) is 0 Å². The van der Waals surface area contributed by atoms with Crippen LogP contribution in [0.15, 0.2) is 34.8 Å². The molecule has 2 rings (SSSR count). The Morgan fingerprint density at radius 2 is 2.22 bits per heavy atom. The van der Waals surface area contributed by atoms with Gasteiger partial charge in [0.25, 0.3) is 10.0 Å². The summed E-state index contributed by atoms with van der Waals surface area (Å²) < 4.78 is 26.1. The lowest BCUT2D eigenvalue weighted by Crippen LogP contribution is -2.13. The van der Waals surface area contributed by atoms with E-state index in [4.69, 9.17) is 0 Å². The van der Waals surface area contributed by atoms with E-state index in [1.807, 2.05) is 0 Å². The summed E-state index contributed by atoms with van der Waals surface area (Å²) in [5, 5.41) is 1.66. The Morgan fingerprint density at radius 1 is 1.44 bits per heavy atom. The summed E-state index contributed by atoms with van der Waals surface area (Å²) in [5.74, 6) is -0.210. The second-order valence-electron chi connectivity index (χ2n) is 3.39. The van der Waals surface area contributed by atoms with Gasteiger partial charge in [-0.1, -0.05) is 0 Å². The van der Waals surface area contributed by atoms with Gasteiger partial charge >= 0.3 is 0 Å². The number of carbonyl (C=O) groups is 1. The molecule has 0 atom stereocenters. The lowest BCUT2D eigenvalue weighted by Gasteiger charge is -2.03. The molecule has 0 saturated heterocycles. The van der Waals surface area contributed by atoms with E-state index in [0.29, 0.717) is 0 Å². The zero-order valence-corrected chi connectivity index (χ0v) is 11.0. The highest BCUT2D eigenvalue weighted by atomic mass is 32.2. The third kappa shape index (κ3) is 2.71. The lowest BCUT2D eigenvalue weighted by atomic mass is 10.4. The quantitative estimate of drug-likeness (QED) is 0.860. The van der Waals surface area contributed by atoms with Crippen molar-refractivity contribution < 1.29 is 13.2 Å². The molecule has 0 spiro atoms. The van der Waals surface area contributed by atoms with Crippen molar-refractivity contribution >= 4 is 32.3 Å². The molecule has 0 amide bonds. The van der Waals surface area contributed by atoms with Crippen molar-refractivity contribution in [3.63, 3.8) is 0 Å². The first kappa shape index (κ1) is 12.7. The van der Waals surface area contributed by atoms with E-state index in [2.05, 4.69) is 14.7 Å². The minimum Gasteiger partial charge on any atom is -0.293 e. The Balaban J connectivity index is 2.25. The molecule has 94 valence electrons. The van der Waals surface area contributed by atoms with Crippen LogP contribution in [-0.4, -0.2) is 24.2 Å². The summed E-state index contributed by atoms with van der Waals surface area (Å²) in [6, 6.07) is 2.95. The monoisotopic (exact) mass is 283 g/mol. The van der Waals surface area contributed by atoms with Gasteiger partial charge in [-0.2, -0.15) is 0 Å². The summed E-state index contributed by atoms with van der Waals surface area (Å²) in [6.07, 6.45) is 2.72. The Labute approximate surface area is 108 Å². The van der Waals surface area contributed by atoms with Crippen LogP contribution in [0.25, 0.3) is 0 Å². The highest BCUT2D eigenvalue weighted by molar-refractivity contribution is 7.93. The van der Waals surface area contributed by atoms with E-state index >= 15 is 0 Å². The molecular formula is C10H9N3O3S2. The molecule has 8 heteroatoms. The van der Waals surface area contributed by atoms with E-state index in [-0.39, 0.29) is 21.5 Å². The summed E-state index contributed by atoms with van der Waals surface area (Å²) in [4.78, 5) is 18.7. The minimum atomic E-state index is -3.70. The largest absolute Gasteiger partial charge is 0.293 e. The van der Waals surface area contributed by atoms with Crippen LogP contribution >= 0.6 is 11.3 Å². The highest BCUT2D eigenvalue weighted by Crippen LogP contribution is 2.19. The van der Waals surface area contributed by atoms with Gasteiger partial charge in [0.05, 0.1) is 0 Å². The molecule has 0 bridgehead atoms. The fraction of sp³-hybridized carbons (Fsp3) is 0.100. The number of hydrogen-bond acceptors (Lipinski definition) is 6. The number of rotatable bonds is 4. The van der Waals surface area contributed by atoms with Crippen LogP contribution in [0.2, 0.25) is 0 Å². The molecule has 0 unspecified atom stereocenters. The predicted molar refractivity (Wildman–Crippen MR) is 67.2 cm³/mol. The second-order valence-corrected chi connectivity index (χ2v) is 5.93. The zero-order chi connectivity index (χ0) is 13.2. The SMILES string of the molecule is CC(=O)c1csc(NS(=O)(=O)c2cccnc2)n1. The van der Waals surface area contributed by atoms with Crippen LogP contribution in [0.4, 0.5) is 5.13 Å². The topological polar surface area (TPSA) is 89.0 Å². The third-order valence-electron chi connectivity index (χ3n) is 2.03. The smallest absolute Gasteiger partial charge is 0.265 e. The summed E-state index contributed by atoms with van der Waals surface area (Å²) in [7, 11) is -3.70. The van der Waals surface area contributed by atoms with Crippen molar-refractivity contribution in [2.75, 3.05) is 4.72 Å². The van der Waals surface area contributed by atoms with Crippen molar-refractivity contribution in [1.29, 1.82) is 0 Å². The molecule has 0 aliphatic heterocycles. The number of nitrogens with one attached hydrogen (secondary N) is 1. The van der Waals surface area contributed by atoms with Gasteiger partial charge in [-0.05, 0) is 12.1 Å². The van der Waals surface area contributed by atoms with Gasteiger partial charge in [-0.25, -0.2) is 13.4 Å². The first-order valence-electron chi connectivity index (χ1n) is 4.88. The average molecular weight is 283 g/mol. The normalized spacial score (nSPS) is 11.2.